The number of carbonyl (C=O) groups excluding carboxylic acids is 1. The van der Waals surface area contributed by atoms with E-state index in [-0.39, 0.29) is 11.3 Å². The van der Waals surface area contributed by atoms with Gasteiger partial charge in [0.15, 0.2) is 0 Å². The average Bonchev–Trinajstić information content (AvgIpc) is 3.38. The van der Waals surface area contributed by atoms with Gasteiger partial charge in [-0.25, -0.2) is 0 Å². The number of hydrogen-bond donors (Lipinski definition) is 0. The molecule has 2 aromatic rings. The van der Waals surface area contributed by atoms with Crippen LogP contribution >= 0.6 is 11.6 Å². The highest BCUT2D eigenvalue weighted by atomic mass is 35.5. The SMILES string of the molecule is Cc1ccccc1OCCN(C)C(=O)C1(c2ccc(Cl)cc2)CC1. The van der Waals surface area contributed by atoms with Gasteiger partial charge in [0.1, 0.15) is 12.4 Å². The van der Waals surface area contributed by atoms with Crippen LogP contribution in [0.3, 0.4) is 0 Å². The minimum atomic E-state index is -0.359. The Morgan fingerprint density at radius 2 is 1.83 bits per heavy atom. The van der Waals surface area contributed by atoms with Gasteiger partial charge < -0.3 is 9.64 Å². The molecule has 1 amide bonds. The minimum absolute atomic E-state index is 0.165. The first kappa shape index (κ1) is 16.8. The van der Waals surface area contributed by atoms with E-state index in [0.29, 0.717) is 18.2 Å². The number of rotatable bonds is 6. The van der Waals surface area contributed by atoms with Gasteiger partial charge in [-0.3, -0.25) is 4.79 Å². The summed E-state index contributed by atoms with van der Waals surface area (Å²) in [4.78, 5) is 14.6. The summed E-state index contributed by atoms with van der Waals surface area (Å²) in [5.41, 5.74) is 1.80. The molecule has 0 N–H and O–H groups in total. The summed E-state index contributed by atoms with van der Waals surface area (Å²) >= 11 is 5.95. The van der Waals surface area contributed by atoms with Crippen LogP contribution in [0.2, 0.25) is 5.02 Å². The zero-order chi connectivity index (χ0) is 17.2. The molecule has 0 bridgehead atoms. The molecule has 1 aliphatic carbocycles. The molecule has 0 spiro atoms. The maximum absolute atomic E-state index is 12.9. The van der Waals surface area contributed by atoms with Gasteiger partial charge in [0, 0.05) is 12.1 Å². The molecule has 1 saturated carbocycles. The van der Waals surface area contributed by atoms with E-state index in [9.17, 15) is 4.79 Å². The Morgan fingerprint density at radius 3 is 2.46 bits per heavy atom. The van der Waals surface area contributed by atoms with E-state index >= 15 is 0 Å². The van der Waals surface area contributed by atoms with Crippen molar-refractivity contribution in [2.75, 3.05) is 20.2 Å². The Bertz CT molecular complexity index is 723. The lowest BCUT2D eigenvalue weighted by molar-refractivity contribution is -0.133. The monoisotopic (exact) mass is 343 g/mol. The number of ether oxygens (including phenoxy) is 1. The number of halogens is 1. The van der Waals surface area contributed by atoms with Crippen molar-refractivity contribution >= 4 is 17.5 Å². The predicted molar refractivity (Wildman–Crippen MR) is 96.7 cm³/mol. The third-order valence-corrected chi connectivity index (χ3v) is 4.93. The number of hydrogen-bond acceptors (Lipinski definition) is 2. The minimum Gasteiger partial charge on any atom is -0.491 e. The van der Waals surface area contributed by atoms with Gasteiger partial charge >= 0.3 is 0 Å². The van der Waals surface area contributed by atoms with E-state index < -0.39 is 0 Å². The first-order valence-corrected chi connectivity index (χ1v) is 8.61. The molecule has 0 saturated heterocycles. The molecule has 1 fully saturated rings. The van der Waals surface area contributed by atoms with Crippen LogP contribution in [-0.2, 0) is 10.2 Å². The first-order valence-electron chi connectivity index (χ1n) is 8.23. The molecule has 126 valence electrons. The van der Waals surface area contributed by atoms with E-state index in [4.69, 9.17) is 16.3 Å². The van der Waals surface area contributed by atoms with Crippen molar-refractivity contribution in [1.29, 1.82) is 0 Å². The van der Waals surface area contributed by atoms with E-state index in [1.165, 1.54) is 0 Å². The van der Waals surface area contributed by atoms with Crippen molar-refractivity contribution in [2.45, 2.75) is 25.2 Å². The van der Waals surface area contributed by atoms with Gasteiger partial charge in [0.25, 0.3) is 0 Å². The summed E-state index contributed by atoms with van der Waals surface area (Å²) in [7, 11) is 1.85. The van der Waals surface area contributed by atoms with Crippen molar-refractivity contribution < 1.29 is 9.53 Å². The molecular formula is C20H22ClNO2. The van der Waals surface area contributed by atoms with E-state index in [2.05, 4.69) is 0 Å². The summed E-state index contributed by atoms with van der Waals surface area (Å²) in [6.45, 7) is 3.08. The number of carbonyl (C=O) groups is 1. The van der Waals surface area contributed by atoms with Gasteiger partial charge in [-0.2, -0.15) is 0 Å². The summed E-state index contributed by atoms with van der Waals surface area (Å²) in [5.74, 6) is 1.04. The zero-order valence-corrected chi connectivity index (χ0v) is 14.8. The lowest BCUT2D eigenvalue weighted by atomic mass is 9.94. The molecule has 4 heteroatoms. The van der Waals surface area contributed by atoms with Gasteiger partial charge in [-0.1, -0.05) is 41.9 Å². The van der Waals surface area contributed by atoms with Crippen LogP contribution in [-0.4, -0.2) is 31.0 Å². The predicted octanol–water partition coefficient (Wildman–Crippen LogP) is 4.22. The molecule has 3 rings (SSSR count). The van der Waals surface area contributed by atoms with Crippen LogP contribution < -0.4 is 4.74 Å². The Kier molecular flexibility index (Phi) is 4.81. The Labute approximate surface area is 148 Å². The quantitative estimate of drug-likeness (QED) is 0.786. The van der Waals surface area contributed by atoms with Crippen molar-refractivity contribution in [1.82, 2.24) is 4.90 Å². The largest absolute Gasteiger partial charge is 0.491 e. The fourth-order valence-electron chi connectivity index (χ4n) is 3.00. The molecule has 2 aromatic carbocycles. The molecule has 0 aliphatic heterocycles. The van der Waals surface area contributed by atoms with Gasteiger partial charge in [0.2, 0.25) is 5.91 Å². The fraction of sp³-hybridized carbons (Fsp3) is 0.350. The summed E-state index contributed by atoms with van der Waals surface area (Å²) in [6.07, 6.45) is 1.80. The summed E-state index contributed by atoms with van der Waals surface area (Å²) < 4.78 is 5.80. The summed E-state index contributed by atoms with van der Waals surface area (Å²) in [6, 6.07) is 15.5. The maximum atomic E-state index is 12.9. The standard InChI is InChI=1S/C20H22ClNO2/c1-15-5-3-4-6-18(15)24-14-13-22(2)19(23)20(11-12-20)16-7-9-17(21)10-8-16/h3-10H,11-14H2,1-2H3. The van der Waals surface area contributed by atoms with Gasteiger partial charge in [0.05, 0.1) is 12.0 Å². The fourth-order valence-corrected chi connectivity index (χ4v) is 3.12. The highest BCUT2D eigenvalue weighted by Crippen LogP contribution is 2.49. The third kappa shape index (κ3) is 3.41. The third-order valence-electron chi connectivity index (χ3n) is 4.68. The molecule has 1 aliphatic rings. The van der Waals surface area contributed by atoms with Crippen LogP contribution in [0.15, 0.2) is 48.5 Å². The lowest BCUT2D eigenvalue weighted by Gasteiger charge is -2.24. The van der Waals surface area contributed by atoms with Crippen molar-refractivity contribution in [2.24, 2.45) is 0 Å². The molecule has 0 heterocycles. The van der Waals surface area contributed by atoms with Gasteiger partial charge in [-0.15, -0.1) is 0 Å². The first-order chi connectivity index (χ1) is 11.5. The van der Waals surface area contributed by atoms with Gasteiger partial charge in [-0.05, 0) is 49.1 Å². The Morgan fingerprint density at radius 1 is 1.17 bits per heavy atom. The number of likely N-dealkylation sites (N-methyl/N-ethyl adjacent to an activating group) is 1. The molecule has 0 unspecified atom stereocenters. The van der Waals surface area contributed by atoms with Crippen LogP contribution in [0.25, 0.3) is 0 Å². The number of amides is 1. The number of aryl methyl sites for hydroxylation is 1. The highest BCUT2D eigenvalue weighted by Gasteiger charge is 2.52. The molecule has 0 radical (unpaired) electrons. The normalized spacial score (nSPS) is 15.0. The molecule has 3 nitrogen and oxygen atoms in total. The van der Waals surface area contributed by atoms with Crippen molar-refractivity contribution in [3.8, 4) is 5.75 Å². The second kappa shape index (κ2) is 6.86. The zero-order valence-electron chi connectivity index (χ0n) is 14.1. The van der Waals surface area contributed by atoms with E-state index in [1.807, 2.05) is 62.5 Å². The van der Waals surface area contributed by atoms with Crippen LogP contribution in [0.4, 0.5) is 0 Å². The Hall–Kier alpha value is -2.00. The van der Waals surface area contributed by atoms with Crippen LogP contribution in [0.1, 0.15) is 24.0 Å². The smallest absolute Gasteiger partial charge is 0.233 e. The Balaban J connectivity index is 1.59. The lowest BCUT2D eigenvalue weighted by Crippen LogP contribution is -2.38. The second-order valence-electron chi connectivity index (χ2n) is 6.43. The highest BCUT2D eigenvalue weighted by molar-refractivity contribution is 6.30. The number of nitrogens with zero attached hydrogens (tertiary/aromatic N) is 1. The second-order valence-corrected chi connectivity index (χ2v) is 6.87. The molecular weight excluding hydrogens is 322 g/mol. The maximum Gasteiger partial charge on any atom is 0.233 e. The summed E-state index contributed by atoms with van der Waals surface area (Å²) in [5, 5.41) is 0.696. The van der Waals surface area contributed by atoms with Crippen LogP contribution in [0, 0.1) is 6.92 Å². The van der Waals surface area contributed by atoms with Crippen molar-refractivity contribution in [3.05, 3.63) is 64.7 Å². The van der Waals surface area contributed by atoms with E-state index in [1.54, 1.807) is 4.90 Å². The molecule has 24 heavy (non-hydrogen) atoms. The molecule has 0 atom stereocenters. The van der Waals surface area contributed by atoms with Crippen molar-refractivity contribution in [3.63, 3.8) is 0 Å². The van der Waals surface area contributed by atoms with Crippen LogP contribution in [0.5, 0.6) is 5.75 Å². The average molecular weight is 344 g/mol. The topological polar surface area (TPSA) is 29.5 Å². The number of benzene rings is 2. The number of para-hydroxylation sites is 1. The molecule has 0 aromatic heterocycles. The van der Waals surface area contributed by atoms with E-state index in [0.717, 1.165) is 29.7 Å².